The topological polar surface area (TPSA) is 57.6 Å². The van der Waals surface area contributed by atoms with E-state index in [0.717, 1.165) is 11.1 Å². The Morgan fingerprint density at radius 2 is 1.62 bits per heavy atom. The molecule has 2 aromatic rings. The SMILES string of the molecule is CC(F)(c1ccc2c(c1)CC[C@@H]1N(C(=O)[C@H]3CC[C@H](C(=O)O)CC3)CC[C@]21Cc1ccc(F)cc1)C(F)(F)F. The number of hydrogen-bond donors (Lipinski definition) is 1. The second-order valence-corrected chi connectivity index (χ2v) is 11.6. The fourth-order valence-electron chi connectivity index (χ4n) is 7.07. The number of carboxylic acids is 1. The summed E-state index contributed by atoms with van der Waals surface area (Å²) in [6.07, 6.45) is -1.16. The second kappa shape index (κ2) is 9.89. The summed E-state index contributed by atoms with van der Waals surface area (Å²) in [6, 6.07) is 10.0. The number of likely N-dealkylation sites (tertiary alicyclic amines) is 1. The number of benzene rings is 2. The van der Waals surface area contributed by atoms with Gasteiger partial charge in [-0.25, -0.2) is 8.78 Å². The molecule has 1 saturated heterocycles. The average molecular weight is 550 g/mol. The van der Waals surface area contributed by atoms with E-state index in [-0.39, 0.29) is 23.7 Å². The van der Waals surface area contributed by atoms with Crippen LogP contribution in [0.15, 0.2) is 42.5 Å². The molecule has 9 heteroatoms. The van der Waals surface area contributed by atoms with Crippen molar-refractivity contribution in [3.05, 3.63) is 70.5 Å². The third-order valence-electron chi connectivity index (χ3n) is 9.36. The van der Waals surface area contributed by atoms with Crippen molar-refractivity contribution in [2.75, 3.05) is 6.54 Å². The van der Waals surface area contributed by atoms with Gasteiger partial charge in [0, 0.05) is 23.9 Å². The Morgan fingerprint density at radius 3 is 2.23 bits per heavy atom. The number of aryl methyl sites for hydroxylation is 1. The van der Waals surface area contributed by atoms with Crippen molar-refractivity contribution >= 4 is 11.9 Å². The van der Waals surface area contributed by atoms with E-state index >= 15 is 0 Å². The average Bonchev–Trinajstić information content (AvgIpc) is 3.28. The minimum absolute atomic E-state index is 0.00158. The van der Waals surface area contributed by atoms with E-state index in [2.05, 4.69) is 0 Å². The molecule has 39 heavy (non-hydrogen) atoms. The molecule has 2 aromatic carbocycles. The number of alkyl halides is 4. The van der Waals surface area contributed by atoms with E-state index in [1.54, 1.807) is 18.2 Å². The third-order valence-corrected chi connectivity index (χ3v) is 9.36. The molecule has 1 unspecified atom stereocenters. The Hall–Kier alpha value is -2.97. The molecule has 1 amide bonds. The Morgan fingerprint density at radius 1 is 0.974 bits per heavy atom. The van der Waals surface area contributed by atoms with Gasteiger partial charge < -0.3 is 10.0 Å². The molecule has 2 aliphatic carbocycles. The maximum atomic E-state index is 14.8. The number of aliphatic carboxylic acids is 1. The van der Waals surface area contributed by atoms with Crippen LogP contribution in [0.1, 0.15) is 67.7 Å². The van der Waals surface area contributed by atoms with Crippen molar-refractivity contribution in [3.8, 4) is 0 Å². The summed E-state index contributed by atoms with van der Waals surface area (Å²) in [7, 11) is 0. The number of carboxylic acid groups (broad SMARTS) is 1. The number of fused-ring (bicyclic) bond motifs is 3. The fraction of sp³-hybridized carbons (Fsp3) is 0.533. The standard InChI is InChI=1S/C30H32F5NO3/c1-28(32,30(33,34)35)22-9-12-24-21(16-22)8-13-25-29(24,17-18-2-10-23(31)11-3-18)14-15-36(25)26(37)19-4-6-20(7-5-19)27(38)39/h2-3,9-12,16,19-20,25H,4-8,13-15,17H2,1H3,(H,38,39)/t19-,20-,25-,28?,29-/m0/s1. The van der Waals surface area contributed by atoms with Crippen LogP contribution in [0.25, 0.3) is 0 Å². The zero-order chi connectivity index (χ0) is 28.2. The number of hydrogen-bond acceptors (Lipinski definition) is 2. The van der Waals surface area contributed by atoms with Gasteiger partial charge in [0.25, 0.3) is 0 Å². The molecule has 1 saturated carbocycles. The Bertz CT molecular complexity index is 1250. The van der Waals surface area contributed by atoms with Crippen LogP contribution in [0.4, 0.5) is 22.0 Å². The summed E-state index contributed by atoms with van der Waals surface area (Å²) in [5.74, 6) is -1.91. The van der Waals surface area contributed by atoms with Crippen LogP contribution in [0, 0.1) is 17.7 Å². The Balaban J connectivity index is 1.49. The molecule has 1 aliphatic heterocycles. The quantitative estimate of drug-likeness (QED) is 0.434. The van der Waals surface area contributed by atoms with E-state index in [0.29, 0.717) is 70.4 Å². The van der Waals surface area contributed by atoms with E-state index in [1.165, 1.54) is 24.3 Å². The van der Waals surface area contributed by atoms with Crippen LogP contribution in [0.5, 0.6) is 0 Å². The first-order valence-corrected chi connectivity index (χ1v) is 13.5. The van der Waals surface area contributed by atoms with E-state index < -0.39 is 34.7 Å². The lowest BCUT2D eigenvalue weighted by Crippen LogP contribution is -2.51. The van der Waals surface area contributed by atoms with Gasteiger partial charge in [-0.05, 0) is 92.7 Å². The smallest absolute Gasteiger partial charge is 0.426 e. The minimum atomic E-state index is -5.06. The predicted molar refractivity (Wildman–Crippen MR) is 134 cm³/mol. The van der Waals surface area contributed by atoms with Crippen LogP contribution >= 0.6 is 0 Å². The molecular formula is C30H32F5NO3. The van der Waals surface area contributed by atoms with Crippen molar-refractivity contribution in [3.63, 3.8) is 0 Å². The van der Waals surface area contributed by atoms with Gasteiger partial charge in [0.15, 0.2) is 0 Å². The van der Waals surface area contributed by atoms with Crippen molar-refractivity contribution in [1.82, 2.24) is 4.90 Å². The zero-order valence-electron chi connectivity index (χ0n) is 21.7. The molecule has 0 radical (unpaired) electrons. The minimum Gasteiger partial charge on any atom is -0.481 e. The summed E-state index contributed by atoms with van der Waals surface area (Å²) in [5.41, 5.74) is -2.23. The monoisotopic (exact) mass is 549 g/mol. The molecule has 4 nitrogen and oxygen atoms in total. The highest BCUT2D eigenvalue weighted by Gasteiger charge is 2.56. The number of rotatable bonds is 5. The largest absolute Gasteiger partial charge is 0.481 e. The van der Waals surface area contributed by atoms with Crippen molar-refractivity contribution in [1.29, 1.82) is 0 Å². The molecular weight excluding hydrogens is 517 g/mol. The molecule has 0 bridgehead atoms. The first-order chi connectivity index (χ1) is 18.3. The van der Waals surface area contributed by atoms with Crippen molar-refractivity contribution < 1.29 is 36.6 Å². The van der Waals surface area contributed by atoms with Crippen LogP contribution < -0.4 is 0 Å². The lowest BCUT2D eigenvalue weighted by atomic mass is 9.63. The number of halogens is 5. The van der Waals surface area contributed by atoms with Gasteiger partial charge in [0.1, 0.15) is 5.82 Å². The Labute approximate surface area is 224 Å². The third kappa shape index (κ3) is 4.82. The number of nitrogens with zero attached hydrogens (tertiary/aromatic N) is 1. The summed E-state index contributed by atoms with van der Waals surface area (Å²) < 4.78 is 68.9. The van der Waals surface area contributed by atoms with Gasteiger partial charge in [-0.15, -0.1) is 0 Å². The highest BCUT2D eigenvalue weighted by atomic mass is 19.4. The first-order valence-electron chi connectivity index (χ1n) is 13.5. The Kier molecular flexibility index (Phi) is 7.00. The fourth-order valence-corrected chi connectivity index (χ4v) is 7.07. The molecule has 2 fully saturated rings. The van der Waals surface area contributed by atoms with Crippen LogP contribution in [-0.4, -0.2) is 40.6 Å². The maximum absolute atomic E-state index is 14.8. The molecule has 5 rings (SSSR count). The van der Waals surface area contributed by atoms with Gasteiger partial charge in [0.2, 0.25) is 11.6 Å². The maximum Gasteiger partial charge on any atom is 0.426 e. The van der Waals surface area contributed by atoms with Crippen LogP contribution in [0.2, 0.25) is 0 Å². The van der Waals surface area contributed by atoms with Crippen LogP contribution in [-0.2, 0) is 33.5 Å². The van der Waals surface area contributed by atoms with E-state index in [4.69, 9.17) is 0 Å². The van der Waals surface area contributed by atoms with Gasteiger partial charge >= 0.3 is 12.1 Å². The number of amides is 1. The summed E-state index contributed by atoms with van der Waals surface area (Å²) in [5, 5.41) is 9.32. The van der Waals surface area contributed by atoms with Gasteiger partial charge in [0.05, 0.1) is 5.92 Å². The van der Waals surface area contributed by atoms with Gasteiger partial charge in [-0.1, -0.05) is 30.3 Å². The first kappa shape index (κ1) is 27.6. The van der Waals surface area contributed by atoms with Crippen molar-refractivity contribution in [2.45, 2.75) is 81.6 Å². The summed E-state index contributed by atoms with van der Waals surface area (Å²) in [6.45, 7) is 0.998. The zero-order valence-corrected chi connectivity index (χ0v) is 21.7. The van der Waals surface area contributed by atoms with E-state index in [1.807, 2.05) is 4.90 Å². The molecule has 0 aromatic heterocycles. The van der Waals surface area contributed by atoms with E-state index in [9.17, 15) is 36.6 Å². The summed E-state index contributed by atoms with van der Waals surface area (Å²) >= 11 is 0. The molecule has 1 N–H and O–H groups in total. The predicted octanol–water partition coefficient (Wildman–Crippen LogP) is 6.49. The molecule has 1 heterocycles. The van der Waals surface area contributed by atoms with Crippen molar-refractivity contribution in [2.24, 2.45) is 11.8 Å². The van der Waals surface area contributed by atoms with Gasteiger partial charge in [-0.3, -0.25) is 9.59 Å². The lowest BCUT2D eigenvalue weighted by Gasteiger charge is -2.45. The van der Waals surface area contributed by atoms with Crippen LogP contribution in [0.3, 0.4) is 0 Å². The summed E-state index contributed by atoms with van der Waals surface area (Å²) in [4.78, 5) is 27.0. The number of carbonyl (C=O) groups excluding carboxylic acids is 1. The highest BCUT2D eigenvalue weighted by Crippen LogP contribution is 2.51. The molecule has 3 atom stereocenters. The lowest BCUT2D eigenvalue weighted by molar-refractivity contribution is -0.228. The van der Waals surface area contributed by atoms with Gasteiger partial charge in [-0.2, -0.15) is 13.2 Å². The number of carbonyl (C=O) groups is 2. The molecule has 0 spiro atoms. The second-order valence-electron chi connectivity index (χ2n) is 11.6. The normalized spacial score (nSPS) is 28.4. The molecule has 3 aliphatic rings. The molecule has 210 valence electrons. The highest BCUT2D eigenvalue weighted by molar-refractivity contribution is 5.80.